The molecule has 2 aliphatic carbocycles. The summed E-state index contributed by atoms with van der Waals surface area (Å²) in [6.45, 7) is 0.607. The van der Waals surface area contributed by atoms with Gasteiger partial charge in [0.15, 0.2) is 30.2 Å². The van der Waals surface area contributed by atoms with Crippen LogP contribution in [0.15, 0.2) is 42.5 Å². The minimum absolute atomic E-state index is 0.0495. The molecule has 0 aromatic heterocycles. The van der Waals surface area contributed by atoms with E-state index in [2.05, 4.69) is 0 Å². The predicted molar refractivity (Wildman–Crippen MR) is 174 cm³/mol. The Bertz CT molecular complexity index is 1980. The summed E-state index contributed by atoms with van der Waals surface area (Å²) in [6.07, 6.45) is -3.54. The molecule has 1 saturated heterocycles. The molecule has 1 aliphatic heterocycles. The van der Waals surface area contributed by atoms with Crippen LogP contribution in [0.2, 0.25) is 0 Å². The second kappa shape index (κ2) is 13.4. The van der Waals surface area contributed by atoms with Crippen molar-refractivity contribution < 1.29 is 68.8 Å². The number of carbonyl (C=O) groups is 4. The van der Waals surface area contributed by atoms with Crippen LogP contribution in [-0.2, 0) is 30.2 Å². The Hall–Kier alpha value is -5.32. The molecule has 0 amide bonds. The number of aliphatic hydroxyl groups is 2. The fourth-order valence-electron chi connectivity index (χ4n) is 6.73. The van der Waals surface area contributed by atoms with Crippen LogP contribution >= 0.6 is 0 Å². The number of rotatable bonds is 8. The van der Waals surface area contributed by atoms with E-state index < -0.39 is 107 Å². The minimum Gasteiger partial charge on any atom is -0.507 e. The number of ketones is 3. The number of hydrogen-bond acceptors (Lipinski definition) is 15. The maximum atomic E-state index is 13.9. The van der Waals surface area contributed by atoms with Crippen LogP contribution in [0.4, 0.5) is 0 Å². The van der Waals surface area contributed by atoms with Crippen LogP contribution in [0.1, 0.15) is 74.4 Å². The molecule has 268 valence electrons. The van der Waals surface area contributed by atoms with Crippen LogP contribution in [0.5, 0.6) is 28.7 Å². The van der Waals surface area contributed by atoms with Crippen LogP contribution in [-0.4, -0.2) is 97.8 Å². The topological polar surface area (TPSA) is 253 Å². The third-order valence-electron chi connectivity index (χ3n) is 9.42. The molecule has 0 spiro atoms. The Kier molecular flexibility index (Phi) is 9.35. The van der Waals surface area contributed by atoms with Crippen molar-refractivity contribution in [1.82, 2.24) is 0 Å². The number of methoxy groups -OCH3 is 1. The highest BCUT2D eigenvalue weighted by Gasteiger charge is 2.50. The second-order valence-corrected chi connectivity index (χ2v) is 12.7. The summed E-state index contributed by atoms with van der Waals surface area (Å²) in [5.41, 5.74) is 2.25. The molecule has 1 heterocycles. The zero-order valence-corrected chi connectivity index (χ0v) is 27.4. The molecule has 6 rings (SSSR count). The summed E-state index contributed by atoms with van der Waals surface area (Å²) < 4.78 is 22.3. The Balaban J connectivity index is 1.35. The number of phenols is 4. The fourth-order valence-corrected chi connectivity index (χ4v) is 6.73. The number of nitrogens with two attached hydrogens (primary N) is 1. The van der Waals surface area contributed by atoms with Gasteiger partial charge in [-0.2, -0.15) is 0 Å². The Morgan fingerprint density at radius 1 is 1.02 bits per heavy atom. The zero-order chi connectivity index (χ0) is 36.9. The SMILES string of the molecule is COc1cccc2c1C(=O)c1c(O)c3c(c(O)c1C2=O)C[C@@](O)(C(=O)COC(=O)/C=C/c1ccc(O)c(O)c1)CC3O[C@H]1C[C@H](N)[C@H](O)[C@H](C)O1. The summed E-state index contributed by atoms with van der Waals surface area (Å²) in [4.78, 5) is 53.7. The summed E-state index contributed by atoms with van der Waals surface area (Å²) >= 11 is 0. The quantitative estimate of drug-likeness (QED) is 0.0596. The number of esters is 1. The van der Waals surface area contributed by atoms with Crippen molar-refractivity contribution in [2.24, 2.45) is 5.73 Å². The third-order valence-corrected chi connectivity index (χ3v) is 9.42. The van der Waals surface area contributed by atoms with Crippen molar-refractivity contribution in [3.8, 4) is 28.7 Å². The van der Waals surface area contributed by atoms with E-state index in [9.17, 15) is 49.8 Å². The molecule has 1 unspecified atom stereocenters. The van der Waals surface area contributed by atoms with E-state index in [1.165, 1.54) is 49.6 Å². The highest BCUT2D eigenvalue weighted by molar-refractivity contribution is 6.31. The first kappa shape index (κ1) is 35.5. The van der Waals surface area contributed by atoms with E-state index in [1.807, 2.05) is 0 Å². The smallest absolute Gasteiger partial charge is 0.331 e. The number of carbonyl (C=O) groups excluding carboxylic acids is 4. The molecule has 3 aromatic rings. The lowest BCUT2D eigenvalue weighted by Crippen LogP contribution is -2.53. The molecule has 8 N–H and O–H groups in total. The van der Waals surface area contributed by atoms with E-state index in [0.717, 1.165) is 6.08 Å². The highest BCUT2D eigenvalue weighted by Crippen LogP contribution is 2.52. The number of aromatic hydroxyl groups is 4. The molecule has 0 saturated carbocycles. The molecule has 1 fully saturated rings. The average molecular weight is 706 g/mol. The normalized spacial score (nSPS) is 25.5. The molecular formula is C36H35NO14. The molecule has 3 aliphatic rings. The number of Topliss-reactive ketones (excluding diaryl/α,β-unsaturated/α-hetero) is 1. The number of ether oxygens (including phenoxy) is 4. The van der Waals surface area contributed by atoms with Gasteiger partial charge in [-0.3, -0.25) is 14.4 Å². The number of aliphatic hydroxyl groups excluding tert-OH is 1. The summed E-state index contributed by atoms with van der Waals surface area (Å²) in [5.74, 6) is -5.88. The summed E-state index contributed by atoms with van der Waals surface area (Å²) in [6, 6.07) is 7.29. The molecule has 15 heteroatoms. The van der Waals surface area contributed by atoms with Gasteiger partial charge in [0.1, 0.15) is 22.8 Å². The van der Waals surface area contributed by atoms with Gasteiger partial charge in [-0.15, -0.1) is 0 Å². The van der Waals surface area contributed by atoms with E-state index in [0.29, 0.717) is 5.56 Å². The molecule has 15 nitrogen and oxygen atoms in total. The van der Waals surface area contributed by atoms with Crippen molar-refractivity contribution in [2.75, 3.05) is 13.7 Å². The lowest BCUT2D eigenvalue weighted by atomic mass is 9.72. The van der Waals surface area contributed by atoms with Gasteiger partial charge in [-0.25, -0.2) is 4.79 Å². The molecule has 0 radical (unpaired) electrons. The van der Waals surface area contributed by atoms with Gasteiger partial charge in [0, 0.05) is 48.1 Å². The minimum atomic E-state index is -2.41. The van der Waals surface area contributed by atoms with E-state index in [4.69, 9.17) is 24.7 Å². The van der Waals surface area contributed by atoms with Crippen LogP contribution in [0.25, 0.3) is 6.08 Å². The Morgan fingerprint density at radius 2 is 1.75 bits per heavy atom. The van der Waals surface area contributed by atoms with Gasteiger partial charge < -0.3 is 55.3 Å². The van der Waals surface area contributed by atoms with Crippen molar-refractivity contribution in [1.29, 1.82) is 0 Å². The van der Waals surface area contributed by atoms with Crippen molar-refractivity contribution in [2.45, 2.75) is 62.4 Å². The maximum Gasteiger partial charge on any atom is 0.331 e. The summed E-state index contributed by atoms with van der Waals surface area (Å²) in [7, 11) is 1.30. The molecule has 6 atom stereocenters. The van der Waals surface area contributed by atoms with E-state index >= 15 is 0 Å². The zero-order valence-electron chi connectivity index (χ0n) is 27.4. The Labute approximate surface area is 290 Å². The second-order valence-electron chi connectivity index (χ2n) is 12.7. The third kappa shape index (κ3) is 6.30. The molecule has 3 aromatic carbocycles. The van der Waals surface area contributed by atoms with Gasteiger partial charge in [0.25, 0.3) is 0 Å². The molecule has 0 bridgehead atoms. The Morgan fingerprint density at radius 3 is 2.43 bits per heavy atom. The first-order chi connectivity index (χ1) is 24.1. The van der Waals surface area contributed by atoms with E-state index in [1.54, 1.807) is 6.92 Å². The lowest BCUT2D eigenvalue weighted by Gasteiger charge is -2.42. The van der Waals surface area contributed by atoms with Gasteiger partial charge >= 0.3 is 5.97 Å². The monoisotopic (exact) mass is 705 g/mol. The summed E-state index contributed by atoms with van der Waals surface area (Å²) in [5, 5.41) is 64.6. The number of fused-ring (bicyclic) bond motifs is 3. The van der Waals surface area contributed by atoms with Gasteiger partial charge in [-0.1, -0.05) is 18.2 Å². The average Bonchev–Trinajstić information content (AvgIpc) is 3.09. The fraction of sp³-hybridized carbons (Fsp3) is 0.333. The van der Waals surface area contributed by atoms with Crippen LogP contribution < -0.4 is 10.5 Å². The van der Waals surface area contributed by atoms with Gasteiger partial charge in [-0.05, 0) is 36.8 Å². The maximum absolute atomic E-state index is 13.9. The van der Waals surface area contributed by atoms with Crippen molar-refractivity contribution >= 4 is 29.4 Å². The first-order valence-electron chi connectivity index (χ1n) is 15.9. The van der Waals surface area contributed by atoms with Gasteiger partial charge in [0.05, 0.1) is 42.1 Å². The van der Waals surface area contributed by atoms with Crippen LogP contribution in [0.3, 0.4) is 0 Å². The largest absolute Gasteiger partial charge is 0.507 e. The lowest BCUT2D eigenvalue weighted by molar-refractivity contribution is -0.247. The van der Waals surface area contributed by atoms with Crippen LogP contribution in [0, 0.1) is 0 Å². The highest BCUT2D eigenvalue weighted by atomic mass is 16.7. The number of benzene rings is 3. The van der Waals surface area contributed by atoms with Crippen molar-refractivity contribution in [3.63, 3.8) is 0 Å². The number of hydrogen-bond donors (Lipinski definition) is 7. The molecule has 51 heavy (non-hydrogen) atoms. The van der Waals surface area contributed by atoms with Crippen molar-refractivity contribution in [3.05, 3.63) is 81.4 Å². The predicted octanol–water partition coefficient (Wildman–Crippen LogP) is 1.68. The van der Waals surface area contributed by atoms with Gasteiger partial charge in [0.2, 0.25) is 11.6 Å². The number of phenolic OH excluding ortho intramolecular Hbond substituents is 4. The molecular weight excluding hydrogens is 670 g/mol. The first-order valence-corrected chi connectivity index (χ1v) is 15.9. The standard InChI is InChI=1S/C36H35NO14/c1-15-31(42)19(37)11-26(50-15)51-23-13-36(47,24(40)14-49-25(41)9-7-16-6-8-20(38)21(39)10-16)12-18-28(23)35(46)30-29(33(18)44)32(43)17-4-3-5-22(48-2)27(17)34(30)45/h3-10,15,19,23,26,31,38-39,42,44,46-47H,11-14,37H2,1-2H3/b9-7+/t15-,19-,23?,26-,31+,36-/m0/s1. The van der Waals surface area contributed by atoms with E-state index in [-0.39, 0.29) is 40.2 Å².